The van der Waals surface area contributed by atoms with Crippen LogP contribution in [0.1, 0.15) is 6.42 Å². The SMILES string of the molecule is CS(=O)(=O)C1(F)C=CC=C(F)C1. The quantitative estimate of drug-likeness (QED) is 0.634. The first-order valence-corrected chi connectivity index (χ1v) is 5.17. The van der Waals surface area contributed by atoms with Crippen molar-refractivity contribution in [2.75, 3.05) is 6.26 Å². The van der Waals surface area contributed by atoms with Crippen molar-refractivity contribution in [3.63, 3.8) is 0 Å². The Bertz CT molecular complexity index is 342. The highest BCUT2D eigenvalue weighted by Crippen LogP contribution is 2.32. The number of hydrogen-bond acceptors (Lipinski definition) is 2. The van der Waals surface area contributed by atoms with Gasteiger partial charge in [0, 0.05) is 6.26 Å². The van der Waals surface area contributed by atoms with Gasteiger partial charge in [0.15, 0.2) is 9.84 Å². The summed E-state index contributed by atoms with van der Waals surface area (Å²) in [4.78, 5) is 0. The number of alkyl halides is 1. The van der Waals surface area contributed by atoms with Gasteiger partial charge in [0.2, 0.25) is 5.00 Å². The molecule has 0 radical (unpaired) electrons. The van der Waals surface area contributed by atoms with Crippen molar-refractivity contribution in [1.29, 1.82) is 0 Å². The van der Waals surface area contributed by atoms with Gasteiger partial charge in [0.1, 0.15) is 5.83 Å². The van der Waals surface area contributed by atoms with Crippen LogP contribution in [0.2, 0.25) is 0 Å². The number of sulfone groups is 1. The molecule has 1 aliphatic carbocycles. The van der Waals surface area contributed by atoms with Crippen LogP contribution in [-0.4, -0.2) is 19.7 Å². The van der Waals surface area contributed by atoms with E-state index in [4.69, 9.17) is 0 Å². The van der Waals surface area contributed by atoms with Crippen molar-refractivity contribution >= 4 is 9.84 Å². The van der Waals surface area contributed by atoms with Gasteiger partial charge in [-0.1, -0.05) is 6.08 Å². The molecule has 5 heteroatoms. The molecule has 0 fully saturated rings. The minimum atomic E-state index is -3.89. The molecule has 0 heterocycles. The molecule has 2 nitrogen and oxygen atoms in total. The number of rotatable bonds is 1. The van der Waals surface area contributed by atoms with Gasteiger partial charge >= 0.3 is 0 Å². The van der Waals surface area contributed by atoms with E-state index in [9.17, 15) is 17.2 Å². The number of allylic oxidation sites excluding steroid dienone is 3. The van der Waals surface area contributed by atoms with Gasteiger partial charge in [0.25, 0.3) is 0 Å². The maximum atomic E-state index is 13.4. The van der Waals surface area contributed by atoms with E-state index < -0.39 is 27.1 Å². The minimum absolute atomic E-state index is 0.720. The molecule has 0 spiro atoms. The van der Waals surface area contributed by atoms with Crippen molar-refractivity contribution < 1.29 is 17.2 Å². The molecule has 0 saturated heterocycles. The highest BCUT2D eigenvalue weighted by molar-refractivity contribution is 7.92. The summed E-state index contributed by atoms with van der Waals surface area (Å²) in [5, 5.41) is -2.56. The lowest BCUT2D eigenvalue weighted by Crippen LogP contribution is -2.31. The van der Waals surface area contributed by atoms with Crippen LogP contribution in [0.5, 0.6) is 0 Å². The molecule has 0 saturated carbocycles. The molecule has 0 aromatic carbocycles. The van der Waals surface area contributed by atoms with Crippen LogP contribution in [0.3, 0.4) is 0 Å². The van der Waals surface area contributed by atoms with Crippen LogP contribution in [0, 0.1) is 0 Å². The normalized spacial score (nSPS) is 30.1. The molecule has 0 aromatic heterocycles. The molecule has 0 aromatic rings. The lowest BCUT2D eigenvalue weighted by Gasteiger charge is -2.20. The van der Waals surface area contributed by atoms with E-state index in [1.54, 1.807) is 0 Å². The van der Waals surface area contributed by atoms with Crippen molar-refractivity contribution in [3.05, 3.63) is 24.1 Å². The predicted octanol–water partition coefficient (Wildman–Crippen LogP) is 1.51. The summed E-state index contributed by atoms with van der Waals surface area (Å²) in [7, 11) is -3.89. The molecule has 12 heavy (non-hydrogen) atoms. The monoisotopic (exact) mass is 194 g/mol. The molecule has 0 amide bonds. The first kappa shape index (κ1) is 9.38. The highest BCUT2D eigenvalue weighted by atomic mass is 32.2. The van der Waals surface area contributed by atoms with Crippen LogP contribution in [0.4, 0.5) is 8.78 Å². The van der Waals surface area contributed by atoms with Crippen molar-refractivity contribution in [1.82, 2.24) is 0 Å². The van der Waals surface area contributed by atoms with E-state index in [0.29, 0.717) is 0 Å². The van der Waals surface area contributed by atoms with Gasteiger partial charge in [-0.05, 0) is 12.2 Å². The predicted molar refractivity (Wildman–Crippen MR) is 41.6 cm³/mol. The molecule has 1 rings (SSSR count). The largest absolute Gasteiger partial charge is 0.235 e. The zero-order chi connectivity index (χ0) is 9.41. The maximum Gasteiger partial charge on any atom is 0.235 e. The van der Waals surface area contributed by atoms with Gasteiger partial charge in [-0.2, -0.15) is 0 Å². The average Bonchev–Trinajstić information content (AvgIpc) is 1.83. The molecule has 1 unspecified atom stereocenters. The van der Waals surface area contributed by atoms with E-state index in [1.165, 1.54) is 0 Å². The Hall–Kier alpha value is -0.710. The minimum Gasteiger partial charge on any atom is -0.225 e. The highest BCUT2D eigenvalue weighted by Gasteiger charge is 2.40. The van der Waals surface area contributed by atoms with E-state index in [0.717, 1.165) is 24.5 Å². The first-order valence-electron chi connectivity index (χ1n) is 3.27. The second-order valence-electron chi connectivity index (χ2n) is 2.71. The standard InChI is InChI=1S/C7H8F2O2S/c1-12(10,11)7(9)4-2-3-6(8)5-7/h2-4H,5H2,1H3. The van der Waals surface area contributed by atoms with Crippen molar-refractivity contribution in [2.45, 2.75) is 11.4 Å². The molecule has 1 atom stereocenters. The topological polar surface area (TPSA) is 34.1 Å². The zero-order valence-corrected chi connectivity index (χ0v) is 7.24. The molecular formula is C7H8F2O2S. The van der Waals surface area contributed by atoms with Gasteiger partial charge in [-0.25, -0.2) is 17.2 Å². The molecule has 68 valence electrons. The Morgan fingerprint density at radius 3 is 2.50 bits per heavy atom. The summed E-state index contributed by atoms with van der Waals surface area (Å²) >= 11 is 0. The Kier molecular flexibility index (Phi) is 2.07. The lowest BCUT2D eigenvalue weighted by molar-refractivity contribution is 0.308. The van der Waals surface area contributed by atoms with Crippen LogP contribution < -0.4 is 0 Å². The molecule has 0 bridgehead atoms. The van der Waals surface area contributed by atoms with E-state index >= 15 is 0 Å². The smallest absolute Gasteiger partial charge is 0.225 e. The van der Waals surface area contributed by atoms with Gasteiger partial charge in [-0.15, -0.1) is 0 Å². The Morgan fingerprint density at radius 1 is 1.58 bits per heavy atom. The fourth-order valence-electron chi connectivity index (χ4n) is 0.899. The van der Waals surface area contributed by atoms with Gasteiger partial charge in [-0.3, -0.25) is 0 Å². The lowest BCUT2D eigenvalue weighted by atomic mass is 10.1. The molecular weight excluding hydrogens is 186 g/mol. The van der Waals surface area contributed by atoms with E-state index in [-0.39, 0.29) is 0 Å². The summed E-state index contributed by atoms with van der Waals surface area (Å²) in [6.07, 6.45) is 2.99. The summed E-state index contributed by atoms with van der Waals surface area (Å²) in [5.41, 5.74) is 0. The van der Waals surface area contributed by atoms with Crippen LogP contribution >= 0.6 is 0 Å². The van der Waals surface area contributed by atoms with Gasteiger partial charge in [0.05, 0.1) is 6.42 Å². The zero-order valence-electron chi connectivity index (χ0n) is 6.42. The molecule has 0 N–H and O–H groups in total. The molecule has 1 aliphatic rings. The summed E-state index contributed by atoms with van der Waals surface area (Å²) in [6.45, 7) is 0. The van der Waals surface area contributed by atoms with Gasteiger partial charge < -0.3 is 0 Å². The van der Waals surface area contributed by atoms with Crippen molar-refractivity contribution in [2.24, 2.45) is 0 Å². The van der Waals surface area contributed by atoms with Crippen LogP contribution in [0.25, 0.3) is 0 Å². The summed E-state index contributed by atoms with van der Waals surface area (Å²) in [6, 6.07) is 0. The third-order valence-electron chi connectivity index (χ3n) is 1.65. The summed E-state index contributed by atoms with van der Waals surface area (Å²) < 4.78 is 47.6. The third kappa shape index (κ3) is 1.55. The fourth-order valence-corrected chi connectivity index (χ4v) is 1.62. The fraction of sp³-hybridized carbons (Fsp3) is 0.429. The Labute approximate surface area is 69.5 Å². The maximum absolute atomic E-state index is 13.4. The Balaban J connectivity index is 3.07. The third-order valence-corrected chi connectivity index (χ3v) is 3.16. The summed E-state index contributed by atoms with van der Waals surface area (Å²) in [5.74, 6) is -0.759. The van der Waals surface area contributed by atoms with Crippen molar-refractivity contribution in [3.8, 4) is 0 Å². The van der Waals surface area contributed by atoms with Crippen LogP contribution in [0.15, 0.2) is 24.1 Å². The second kappa shape index (κ2) is 2.65. The van der Waals surface area contributed by atoms with E-state index in [2.05, 4.69) is 0 Å². The average molecular weight is 194 g/mol. The van der Waals surface area contributed by atoms with Crippen LogP contribution in [-0.2, 0) is 9.84 Å². The second-order valence-corrected chi connectivity index (χ2v) is 4.93. The van der Waals surface area contributed by atoms with E-state index in [1.807, 2.05) is 0 Å². The molecule has 0 aliphatic heterocycles. The first-order chi connectivity index (χ1) is 5.35. The number of halogens is 2. The Morgan fingerprint density at radius 2 is 2.17 bits per heavy atom. The number of hydrogen-bond donors (Lipinski definition) is 0.